The number of nitrogens with zero attached hydrogens (tertiary/aromatic N) is 3. The van der Waals surface area contributed by atoms with Crippen molar-refractivity contribution in [2.24, 2.45) is 5.92 Å². The molecule has 0 aliphatic carbocycles. The minimum atomic E-state index is 0.750. The molecule has 2 heterocycles. The van der Waals surface area contributed by atoms with Gasteiger partial charge in [-0.15, -0.1) is 0 Å². The van der Waals surface area contributed by atoms with Crippen LogP contribution in [0.1, 0.15) is 12.0 Å². The van der Waals surface area contributed by atoms with Gasteiger partial charge in [-0.3, -0.25) is 0 Å². The molecular weight excluding hydrogens is 212 g/mol. The minimum absolute atomic E-state index is 0.750. The Morgan fingerprint density at radius 2 is 2.29 bits per heavy atom. The van der Waals surface area contributed by atoms with Crippen LogP contribution in [-0.2, 0) is 6.42 Å². The lowest BCUT2D eigenvalue weighted by Gasteiger charge is -2.12. The fraction of sp³-hybridized carbons (Fsp3) is 0.385. The van der Waals surface area contributed by atoms with Crippen LogP contribution in [0.4, 0.5) is 0 Å². The average Bonchev–Trinajstić information content (AvgIpc) is 3.01. The summed E-state index contributed by atoms with van der Waals surface area (Å²) >= 11 is 0. The third kappa shape index (κ3) is 2.22. The van der Waals surface area contributed by atoms with Crippen LogP contribution in [0.5, 0.6) is 0 Å². The Balaban J connectivity index is 1.88. The van der Waals surface area contributed by atoms with Gasteiger partial charge in [-0.1, -0.05) is 18.2 Å². The molecule has 2 aromatic rings. The Bertz CT molecular complexity index is 472. The summed E-state index contributed by atoms with van der Waals surface area (Å²) in [4.78, 5) is 4.01. The van der Waals surface area contributed by atoms with Crippen LogP contribution in [0.15, 0.2) is 36.9 Å². The Morgan fingerprint density at radius 1 is 1.35 bits per heavy atom. The Hall–Kier alpha value is -1.68. The van der Waals surface area contributed by atoms with Crippen LogP contribution in [-0.4, -0.2) is 27.9 Å². The highest BCUT2D eigenvalue weighted by Crippen LogP contribution is 2.20. The zero-order chi connectivity index (χ0) is 11.5. The van der Waals surface area contributed by atoms with Crippen molar-refractivity contribution >= 4 is 0 Å². The molecule has 0 saturated carbocycles. The molecule has 0 bridgehead atoms. The third-order valence-corrected chi connectivity index (χ3v) is 3.33. The summed E-state index contributed by atoms with van der Waals surface area (Å²) in [5.41, 5.74) is 2.50. The van der Waals surface area contributed by atoms with Crippen molar-refractivity contribution in [3.63, 3.8) is 0 Å². The lowest BCUT2D eigenvalue weighted by Crippen LogP contribution is -2.12. The first-order valence-electron chi connectivity index (χ1n) is 6.07. The number of hydrogen-bond donors (Lipinski definition) is 1. The van der Waals surface area contributed by atoms with E-state index in [2.05, 4.69) is 33.6 Å². The minimum Gasteiger partial charge on any atom is -0.316 e. The van der Waals surface area contributed by atoms with Crippen molar-refractivity contribution in [2.75, 3.05) is 13.1 Å². The molecule has 1 aromatic heterocycles. The van der Waals surface area contributed by atoms with Crippen molar-refractivity contribution in [3.8, 4) is 5.69 Å². The van der Waals surface area contributed by atoms with Gasteiger partial charge in [0, 0.05) is 0 Å². The quantitative estimate of drug-likeness (QED) is 0.864. The van der Waals surface area contributed by atoms with Gasteiger partial charge in [-0.25, -0.2) is 9.67 Å². The number of benzene rings is 1. The molecule has 3 rings (SSSR count). The maximum atomic E-state index is 4.21. The van der Waals surface area contributed by atoms with E-state index in [-0.39, 0.29) is 0 Å². The highest BCUT2D eigenvalue weighted by Gasteiger charge is 2.16. The summed E-state index contributed by atoms with van der Waals surface area (Å²) in [7, 11) is 0. The standard InChI is InChI=1S/C13H16N4/c1-2-4-13(17-10-15-9-16-17)12(3-1)7-11-5-6-14-8-11/h1-4,9-11,14H,5-8H2. The van der Waals surface area contributed by atoms with E-state index in [0.29, 0.717) is 0 Å². The average molecular weight is 228 g/mol. The molecule has 1 fully saturated rings. The smallest absolute Gasteiger partial charge is 0.138 e. The highest BCUT2D eigenvalue weighted by molar-refractivity contribution is 5.40. The van der Waals surface area contributed by atoms with Crippen LogP contribution in [0.25, 0.3) is 5.69 Å². The first-order valence-corrected chi connectivity index (χ1v) is 6.07. The Labute approximate surface area is 101 Å². The van der Waals surface area contributed by atoms with Crippen LogP contribution in [0, 0.1) is 5.92 Å². The lowest BCUT2D eigenvalue weighted by molar-refractivity contribution is 0.577. The maximum Gasteiger partial charge on any atom is 0.138 e. The number of hydrogen-bond acceptors (Lipinski definition) is 3. The second-order valence-electron chi connectivity index (χ2n) is 4.53. The number of nitrogens with one attached hydrogen (secondary N) is 1. The van der Waals surface area contributed by atoms with E-state index in [1.165, 1.54) is 12.0 Å². The molecule has 0 amide bonds. The van der Waals surface area contributed by atoms with Crippen molar-refractivity contribution in [3.05, 3.63) is 42.5 Å². The zero-order valence-corrected chi connectivity index (χ0v) is 9.71. The number of rotatable bonds is 3. The molecule has 4 nitrogen and oxygen atoms in total. The van der Waals surface area contributed by atoms with E-state index >= 15 is 0 Å². The summed E-state index contributed by atoms with van der Waals surface area (Å²) in [5.74, 6) is 0.750. The molecule has 1 unspecified atom stereocenters. The van der Waals surface area contributed by atoms with E-state index in [9.17, 15) is 0 Å². The zero-order valence-electron chi connectivity index (χ0n) is 9.71. The van der Waals surface area contributed by atoms with Crippen LogP contribution < -0.4 is 5.32 Å². The summed E-state index contributed by atoms with van der Waals surface area (Å²) in [6.07, 6.45) is 5.72. The van der Waals surface area contributed by atoms with Gasteiger partial charge in [0.25, 0.3) is 0 Å². The predicted molar refractivity (Wildman–Crippen MR) is 66.0 cm³/mol. The van der Waals surface area contributed by atoms with Gasteiger partial charge >= 0.3 is 0 Å². The molecule has 1 N–H and O–H groups in total. The van der Waals surface area contributed by atoms with Gasteiger partial charge in [-0.2, -0.15) is 5.10 Å². The monoisotopic (exact) mass is 228 g/mol. The Morgan fingerprint density at radius 3 is 3.06 bits per heavy atom. The molecule has 88 valence electrons. The molecule has 0 radical (unpaired) electrons. The van der Waals surface area contributed by atoms with E-state index < -0.39 is 0 Å². The molecule has 1 atom stereocenters. The second-order valence-corrected chi connectivity index (χ2v) is 4.53. The summed E-state index contributed by atoms with van der Waals surface area (Å²) in [6.45, 7) is 2.28. The normalized spacial score (nSPS) is 19.6. The van der Waals surface area contributed by atoms with E-state index in [4.69, 9.17) is 0 Å². The largest absolute Gasteiger partial charge is 0.316 e. The molecule has 1 aliphatic heterocycles. The van der Waals surface area contributed by atoms with E-state index in [1.54, 1.807) is 12.7 Å². The van der Waals surface area contributed by atoms with Gasteiger partial charge in [-0.05, 0) is 43.5 Å². The number of para-hydroxylation sites is 1. The van der Waals surface area contributed by atoms with Gasteiger partial charge in [0.15, 0.2) is 0 Å². The molecule has 17 heavy (non-hydrogen) atoms. The van der Waals surface area contributed by atoms with Gasteiger partial charge < -0.3 is 5.32 Å². The van der Waals surface area contributed by atoms with E-state index in [1.807, 2.05) is 10.7 Å². The van der Waals surface area contributed by atoms with Crippen molar-refractivity contribution in [2.45, 2.75) is 12.8 Å². The second kappa shape index (κ2) is 4.67. The van der Waals surface area contributed by atoms with Crippen LogP contribution >= 0.6 is 0 Å². The molecule has 1 aromatic carbocycles. The van der Waals surface area contributed by atoms with Crippen LogP contribution in [0.2, 0.25) is 0 Å². The number of aromatic nitrogens is 3. The van der Waals surface area contributed by atoms with Crippen molar-refractivity contribution in [1.82, 2.24) is 20.1 Å². The molecule has 1 saturated heterocycles. The fourth-order valence-corrected chi connectivity index (χ4v) is 2.44. The van der Waals surface area contributed by atoms with Gasteiger partial charge in [0.2, 0.25) is 0 Å². The fourth-order valence-electron chi connectivity index (χ4n) is 2.44. The van der Waals surface area contributed by atoms with Crippen LogP contribution in [0.3, 0.4) is 0 Å². The molecule has 0 spiro atoms. The highest BCUT2D eigenvalue weighted by atomic mass is 15.3. The molecule has 1 aliphatic rings. The SMILES string of the molecule is c1ccc(-n2cncn2)c(CC2CCNC2)c1. The van der Waals surface area contributed by atoms with Gasteiger partial charge in [0.05, 0.1) is 5.69 Å². The third-order valence-electron chi connectivity index (χ3n) is 3.33. The predicted octanol–water partition coefficient (Wildman–Crippen LogP) is 1.42. The topological polar surface area (TPSA) is 42.7 Å². The van der Waals surface area contributed by atoms with Gasteiger partial charge in [0.1, 0.15) is 12.7 Å². The summed E-state index contributed by atoms with van der Waals surface area (Å²) in [6, 6.07) is 8.44. The lowest BCUT2D eigenvalue weighted by atomic mass is 9.97. The first-order chi connectivity index (χ1) is 8.43. The molecular formula is C13H16N4. The van der Waals surface area contributed by atoms with Crippen molar-refractivity contribution < 1.29 is 0 Å². The molecule has 4 heteroatoms. The summed E-state index contributed by atoms with van der Waals surface area (Å²) < 4.78 is 1.84. The van der Waals surface area contributed by atoms with E-state index in [0.717, 1.165) is 31.1 Å². The maximum absolute atomic E-state index is 4.21. The Kier molecular flexibility index (Phi) is 2.88. The first kappa shape index (κ1) is 10.5. The summed E-state index contributed by atoms with van der Waals surface area (Å²) in [5, 5.41) is 7.62. The van der Waals surface area contributed by atoms with Crippen molar-refractivity contribution in [1.29, 1.82) is 0 Å².